The van der Waals surface area contributed by atoms with Crippen LogP contribution in [0.2, 0.25) is 0 Å². The Bertz CT molecular complexity index is 620. The first-order chi connectivity index (χ1) is 11.7. The van der Waals surface area contributed by atoms with Crippen molar-refractivity contribution in [3.63, 3.8) is 0 Å². The molecule has 0 saturated carbocycles. The zero-order valence-electron chi connectivity index (χ0n) is 14.8. The molecule has 5 nitrogen and oxygen atoms in total. The van der Waals surface area contributed by atoms with Crippen LogP contribution >= 0.6 is 47.1 Å². The van der Waals surface area contributed by atoms with Gasteiger partial charge in [-0.05, 0) is 24.1 Å². The van der Waals surface area contributed by atoms with Crippen LogP contribution in [-0.2, 0) is 6.54 Å². The third-order valence-electron chi connectivity index (χ3n) is 3.39. The molecule has 0 radical (unpaired) electrons. The number of aromatic nitrogens is 1. The molecular weight excluding hydrogens is 467 g/mol. The van der Waals surface area contributed by atoms with Crippen molar-refractivity contribution in [1.29, 1.82) is 0 Å². The normalized spacial score (nSPS) is 10.9. The van der Waals surface area contributed by atoms with E-state index in [1.165, 1.54) is 5.56 Å². The fourth-order valence-corrected chi connectivity index (χ4v) is 3.83. The van der Waals surface area contributed by atoms with E-state index in [4.69, 9.17) is 4.74 Å². The predicted octanol–water partition coefficient (Wildman–Crippen LogP) is 3.96. The lowest BCUT2D eigenvalue weighted by atomic mass is 10.2. The van der Waals surface area contributed by atoms with Gasteiger partial charge in [0.25, 0.3) is 0 Å². The van der Waals surface area contributed by atoms with Gasteiger partial charge in [0.1, 0.15) is 10.1 Å². The van der Waals surface area contributed by atoms with Crippen molar-refractivity contribution in [1.82, 2.24) is 15.2 Å². The van der Waals surface area contributed by atoms with E-state index in [2.05, 4.69) is 32.3 Å². The monoisotopic (exact) mass is 492 g/mol. The number of rotatable bonds is 8. The Morgan fingerprint density at radius 1 is 1.36 bits per heavy atom. The predicted molar refractivity (Wildman–Crippen MR) is 119 cm³/mol. The number of thioether (sulfide) groups is 1. The SMILES string of the molecule is CN=C(NCCCSc1nccs1)N(C)Cc1ccc(OC)cc1.I. The fraction of sp³-hybridized carbons (Fsp3) is 0.412. The van der Waals surface area contributed by atoms with Crippen LogP contribution in [0.4, 0.5) is 0 Å². The molecule has 1 heterocycles. The first-order valence-corrected chi connectivity index (χ1v) is 9.66. The zero-order chi connectivity index (χ0) is 17.2. The molecule has 1 N–H and O–H groups in total. The number of hydrogen-bond donors (Lipinski definition) is 1. The highest BCUT2D eigenvalue weighted by Gasteiger charge is 2.06. The van der Waals surface area contributed by atoms with Crippen molar-refractivity contribution in [2.75, 3.05) is 33.5 Å². The number of nitrogens with zero attached hydrogens (tertiary/aromatic N) is 3. The van der Waals surface area contributed by atoms with Gasteiger partial charge in [0.05, 0.1) is 7.11 Å². The highest BCUT2D eigenvalue weighted by molar-refractivity contribution is 14.0. The molecule has 1 aromatic carbocycles. The summed E-state index contributed by atoms with van der Waals surface area (Å²) in [5.74, 6) is 2.84. The largest absolute Gasteiger partial charge is 0.497 e. The molecule has 0 spiro atoms. The zero-order valence-corrected chi connectivity index (χ0v) is 18.7. The van der Waals surface area contributed by atoms with Crippen LogP contribution in [0.1, 0.15) is 12.0 Å². The Morgan fingerprint density at radius 2 is 2.12 bits per heavy atom. The van der Waals surface area contributed by atoms with Crippen molar-refractivity contribution < 1.29 is 4.74 Å². The third kappa shape index (κ3) is 7.83. The molecule has 0 amide bonds. The summed E-state index contributed by atoms with van der Waals surface area (Å²) in [5.41, 5.74) is 1.22. The molecule has 0 aliphatic rings. The van der Waals surface area contributed by atoms with Crippen molar-refractivity contribution in [3.05, 3.63) is 41.4 Å². The summed E-state index contributed by atoms with van der Waals surface area (Å²) in [7, 11) is 5.54. The van der Waals surface area contributed by atoms with Gasteiger partial charge in [-0.2, -0.15) is 0 Å². The molecular formula is C17H25IN4OS2. The van der Waals surface area contributed by atoms with Gasteiger partial charge in [-0.3, -0.25) is 4.99 Å². The van der Waals surface area contributed by atoms with E-state index in [1.807, 2.05) is 37.8 Å². The number of nitrogens with one attached hydrogen (secondary N) is 1. The van der Waals surface area contributed by atoms with E-state index < -0.39 is 0 Å². The standard InChI is InChI=1S/C17H24N4OS2.HI/c1-18-16(19-9-4-11-23-17-20-10-12-24-17)21(2)13-14-5-7-15(22-3)8-6-14;/h5-8,10,12H,4,9,11,13H2,1-3H3,(H,18,19);1H. The molecule has 2 rings (SSSR count). The molecule has 0 saturated heterocycles. The molecule has 0 fully saturated rings. The van der Waals surface area contributed by atoms with Crippen LogP contribution in [0.25, 0.3) is 0 Å². The van der Waals surface area contributed by atoms with E-state index in [0.29, 0.717) is 0 Å². The van der Waals surface area contributed by atoms with Crippen LogP contribution in [-0.4, -0.2) is 49.3 Å². The minimum atomic E-state index is 0. The van der Waals surface area contributed by atoms with Gasteiger partial charge in [0.15, 0.2) is 5.96 Å². The summed E-state index contributed by atoms with van der Waals surface area (Å²) < 4.78 is 6.33. The number of methoxy groups -OCH3 is 1. The van der Waals surface area contributed by atoms with Gasteiger partial charge in [-0.1, -0.05) is 23.9 Å². The van der Waals surface area contributed by atoms with Crippen LogP contribution in [0.3, 0.4) is 0 Å². The average molecular weight is 492 g/mol. The number of ether oxygens (including phenoxy) is 1. The maximum absolute atomic E-state index is 5.19. The molecule has 0 aliphatic heterocycles. The van der Waals surface area contributed by atoms with Gasteiger partial charge >= 0.3 is 0 Å². The Morgan fingerprint density at radius 3 is 2.72 bits per heavy atom. The second-order valence-corrected chi connectivity index (χ2v) is 7.41. The van der Waals surface area contributed by atoms with E-state index in [-0.39, 0.29) is 24.0 Å². The molecule has 1 aromatic heterocycles. The average Bonchev–Trinajstić information content (AvgIpc) is 3.12. The summed E-state index contributed by atoms with van der Waals surface area (Å²) in [6.45, 7) is 1.70. The van der Waals surface area contributed by atoms with Crippen molar-refractivity contribution >= 4 is 53.0 Å². The molecule has 138 valence electrons. The number of aliphatic imine (C=N–C) groups is 1. The van der Waals surface area contributed by atoms with Gasteiger partial charge in [0, 0.05) is 44.5 Å². The van der Waals surface area contributed by atoms with Gasteiger partial charge in [0.2, 0.25) is 0 Å². The summed E-state index contributed by atoms with van der Waals surface area (Å²) in [5, 5.41) is 5.42. The number of halogens is 1. The summed E-state index contributed by atoms with van der Waals surface area (Å²) in [4.78, 5) is 10.7. The molecule has 0 atom stereocenters. The number of thiazole rings is 1. The van der Waals surface area contributed by atoms with E-state index in [1.54, 1.807) is 30.2 Å². The molecule has 2 aromatic rings. The van der Waals surface area contributed by atoms with E-state index in [9.17, 15) is 0 Å². The number of benzene rings is 1. The summed E-state index contributed by atoms with van der Waals surface area (Å²) in [6.07, 6.45) is 2.92. The van der Waals surface area contributed by atoms with Crippen LogP contribution in [0, 0.1) is 0 Å². The third-order valence-corrected chi connectivity index (χ3v) is 5.44. The first-order valence-electron chi connectivity index (χ1n) is 7.80. The lowest BCUT2D eigenvalue weighted by Crippen LogP contribution is -2.39. The van der Waals surface area contributed by atoms with Gasteiger partial charge < -0.3 is 15.0 Å². The van der Waals surface area contributed by atoms with Gasteiger partial charge in [-0.15, -0.1) is 35.3 Å². The maximum atomic E-state index is 5.19. The quantitative estimate of drug-likeness (QED) is 0.199. The summed E-state index contributed by atoms with van der Waals surface area (Å²) >= 11 is 3.49. The first kappa shape index (κ1) is 22.0. The Labute approximate surface area is 175 Å². The summed E-state index contributed by atoms with van der Waals surface area (Å²) in [6, 6.07) is 8.12. The Kier molecular flexibility index (Phi) is 10.9. The minimum absolute atomic E-state index is 0. The van der Waals surface area contributed by atoms with Crippen LogP contribution < -0.4 is 10.1 Å². The van der Waals surface area contributed by atoms with E-state index >= 15 is 0 Å². The highest BCUT2D eigenvalue weighted by atomic mass is 127. The van der Waals surface area contributed by atoms with Crippen molar-refractivity contribution in [3.8, 4) is 5.75 Å². The topological polar surface area (TPSA) is 49.8 Å². The molecule has 25 heavy (non-hydrogen) atoms. The van der Waals surface area contributed by atoms with Crippen LogP contribution in [0.5, 0.6) is 5.75 Å². The van der Waals surface area contributed by atoms with Gasteiger partial charge in [-0.25, -0.2) is 4.98 Å². The molecule has 0 bridgehead atoms. The Balaban J connectivity index is 0.00000312. The molecule has 0 unspecified atom stereocenters. The smallest absolute Gasteiger partial charge is 0.193 e. The van der Waals surface area contributed by atoms with Crippen molar-refractivity contribution in [2.45, 2.75) is 17.3 Å². The Hall–Kier alpha value is -1.00. The lowest BCUT2D eigenvalue weighted by molar-refractivity contribution is 0.414. The number of hydrogen-bond acceptors (Lipinski definition) is 5. The highest BCUT2D eigenvalue weighted by Crippen LogP contribution is 2.20. The van der Waals surface area contributed by atoms with Crippen molar-refractivity contribution in [2.24, 2.45) is 4.99 Å². The van der Waals surface area contributed by atoms with Crippen LogP contribution in [0.15, 0.2) is 45.2 Å². The lowest BCUT2D eigenvalue weighted by Gasteiger charge is -2.22. The fourth-order valence-electron chi connectivity index (χ4n) is 2.18. The van der Waals surface area contributed by atoms with E-state index in [0.717, 1.165) is 41.3 Å². The molecule has 0 aliphatic carbocycles. The number of guanidine groups is 1. The minimum Gasteiger partial charge on any atom is -0.497 e. The second kappa shape index (κ2) is 12.4. The maximum Gasteiger partial charge on any atom is 0.193 e. The second-order valence-electron chi connectivity index (χ2n) is 5.18. The molecule has 8 heteroatoms.